The monoisotopic (exact) mass is 647 g/mol. The number of methoxy groups -OCH3 is 1. The predicted octanol–water partition coefficient (Wildman–Crippen LogP) is 6.10. The maximum Gasteiger partial charge on any atom is 0.264 e. The summed E-state index contributed by atoms with van der Waals surface area (Å²) in [5.41, 5.74) is 1.73. The van der Waals surface area contributed by atoms with Crippen molar-refractivity contribution in [2.75, 3.05) is 24.5 Å². The smallest absolute Gasteiger partial charge is 0.264 e. The minimum atomic E-state index is -4.21. The standard InChI is InChI=1S/C35H38ClN3O5S/c1-3-4-22-37-35(41)33(23-27-14-7-5-8-15-27)38(25-28-16-11-12-21-32(28)36)34(40)26-39(29-17-13-18-30(24-29)44-2)45(42,43)31-19-9-6-10-20-31/h5-21,24,33H,3-4,22-23,25-26H2,1-2H3,(H,37,41). The Kier molecular flexibility index (Phi) is 12.0. The molecular weight excluding hydrogens is 610 g/mol. The molecule has 0 aliphatic rings. The molecule has 0 bridgehead atoms. The Morgan fingerprint density at radius 3 is 2.22 bits per heavy atom. The van der Waals surface area contributed by atoms with E-state index in [0.717, 1.165) is 22.7 Å². The van der Waals surface area contributed by atoms with Gasteiger partial charge in [0.25, 0.3) is 10.0 Å². The minimum Gasteiger partial charge on any atom is -0.497 e. The molecule has 0 heterocycles. The molecule has 0 saturated heterocycles. The zero-order valence-corrected chi connectivity index (χ0v) is 27.0. The van der Waals surface area contributed by atoms with Gasteiger partial charge in [-0.15, -0.1) is 0 Å². The normalized spacial score (nSPS) is 11.8. The molecule has 0 radical (unpaired) electrons. The molecule has 0 saturated carbocycles. The molecule has 1 atom stereocenters. The Morgan fingerprint density at radius 2 is 1.56 bits per heavy atom. The molecule has 0 aliphatic carbocycles. The molecule has 10 heteroatoms. The van der Waals surface area contributed by atoms with Gasteiger partial charge in [0, 0.05) is 30.6 Å². The third-order valence-electron chi connectivity index (χ3n) is 7.35. The van der Waals surface area contributed by atoms with Crippen LogP contribution in [0.15, 0.2) is 114 Å². The van der Waals surface area contributed by atoms with E-state index in [4.69, 9.17) is 16.3 Å². The number of nitrogens with one attached hydrogen (secondary N) is 1. The van der Waals surface area contributed by atoms with Crippen LogP contribution < -0.4 is 14.4 Å². The average Bonchev–Trinajstić information content (AvgIpc) is 3.06. The van der Waals surface area contributed by atoms with Gasteiger partial charge in [-0.1, -0.05) is 97.7 Å². The Bertz CT molecular complexity index is 1670. The van der Waals surface area contributed by atoms with E-state index in [1.165, 1.54) is 24.1 Å². The van der Waals surface area contributed by atoms with Crippen molar-refractivity contribution in [3.8, 4) is 5.75 Å². The van der Waals surface area contributed by atoms with Gasteiger partial charge in [-0.05, 0) is 47.9 Å². The number of nitrogens with zero attached hydrogens (tertiary/aromatic N) is 2. The summed E-state index contributed by atoms with van der Waals surface area (Å²) in [5, 5.41) is 3.41. The van der Waals surface area contributed by atoms with Gasteiger partial charge in [0.05, 0.1) is 17.7 Å². The number of halogens is 1. The van der Waals surface area contributed by atoms with Crippen molar-refractivity contribution in [3.05, 3.63) is 125 Å². The molecule has 1 N–H and O–H groups in total. The first-order valence-electron chi connectivity index (χ1n) is 14.8. The van der Waals surface area contributed by atoms with Gasteiger partial charge in [-0.3, -0.25) is 13.9 Å². The SMILES string of the molecule is CCCCNC(=O)C(Cc1ccccc1)N(Cc1ccccc1Cl)C(=O)CN(c1cccc(OC)c1)S(=O)(=O)c1ccccc1. The van der Waals surface area contributed by atoms with Crippen LogP contribution in [0, 0.1) is 0 Å². The van der Waals surface area contributed by atoms with Crippen LogP contribution in [-0.4, -0.2) is 51.4 Å². The number of ether oxygens (including phenoxy) is 1. The highest BCUT2D eigenvalue weighted by molar-refractivity contribution is 7.92. The number of rotatable bonds is 15. The minimum absolute atomic E-state index is 0.00542. The highest BCUT2D eigenvalue weighted by Gasteiger charge is 2.35. The van der Waals surface area contributed by atoms with Crippen LogP contribution in [0.4, 0.5) is 5.69 Å². The topological polar surface area (TPSA) is 96.0 Å². The average molecular weight is 648 g/mol. The Balaban J connectivity index is 1.80. The van der Waals surface area contributed by atoms with E-state index in [1.54, 1.807) is 66.7 Å². The zero-order valence-electron chi connectivity index (χ0n) is 25.4. The fourth-order valence-electron chi connectivity index (χ4n) is 4.88. The van der Waals surface area contributed by atoms with Gasteiger partial charge in [-0.25, -0.2) is 8.42 Å². The molecular formula is C35H38ClN3O5S. The van der Waals surface area contributed by atoms with Crippen LogP contribution in [0.25, 0.3) is 0 Å². The number of benzene rings is 4. The second-order valence-electron chi connectivity index (χ2n) is 10.5. The molecule has 236 valence electrons. The lowest BCUT2D eigenvalue weighted by atomic mass is 10.0. The first kappa shape index (κ1) is 33.6. The fraction of sp³-hybridized carbons (Fsp3) is 0.257. The van der Waals surface area contributed by atoms with Gasteiger partial charge in [0.2, 0.25) is 11.8 Å². The highest BCUT2D eigenvalue weighted by atomic mass is 35.5. The van der Waals surface area contributed by atoms with Gasteiger partial charge in [0.1, 0.15) is 18.3 Å². The van der Waals surface area contributed by atoms with Crippen molar-refractivity contribution < 1.29 is 22.7 Å². The van der Waals surface area contributed by atoms with E-state index in [2.05, 4.69) is 5.32 Å². The molecule has 0 fully saturated rings. The van der Waals surface area contributed by atoms with Crippen molar-refractivity contribution in [3.63, 3.8) is 0 Å². The van der Waals surface area contributed by atoms with Gasteiger partial charge in [-0.2, -0.15) is 0 Å². The molecule has 4 aromatic rings. The molecule has 45 heavy (non-hydrogen) atoms. The molecule has 1 unspecified atom stereocenters. The van der Waals surface area contributed by atoms with Crippen LogP contribution >= 0.6 is 11.6 Å². The van der Waals surface area contributed by atoms with E-state index >= 15 is 0 Å². The van der Waals surface area contributed by atoms with E-state index < -0.39 is 28.5 Å². The zero-order chi connectivity index (χ0) is 32.2. The largest absolute Gasteiger partial charge is 0.497 e. The molecule has 4 aromatic carbocycles. The lowest BCUT2D eigenvalue weighted by Gasteiger charge is -2.34. The molecule has 0 aliphatic heterocycles. The third kappa shape index (κ3) is 8.86. The summed E-state index contributed by atoms with van der Waals surface area (Å²) >= 11 is 6.55. The lowest BCUT2D eigenvalue weighted by molar-refractivity contribution is -0.140. The molecule has 0 aromatic heterocycles. The Labute approximate surface area is 270 Å². The lowest BCUT2D eigenvalue weighted by Crippen LogP contribution is -2.53. The first-order chi connectivity index (χ1) is 21.7. The van der Waals surface area contributed by atoms with E-state index in [-0.39, 0.29) is 29.5 Å². The van der Waals surface area contributed by atoms with Crippen molar-refractivity contribution >= 4 is 39.1 Å². The first-order valence-corrected chi connectivity index (χ1v) is 16.6. The molecule has 8 nitrogen and oxygen atoms in total. The summed E-state index contributed by atoms with van der Waals surface area (Å²) in [7, 11) is -2.72. The number of amides is 2. The maximum absolute atomic E-state index is 14.5. The summed E-state index contributed by atoms with van der Waals surface area (Å²) < 4.78 is 34.6. The number of hydrogen-bond donors (Lipinski definition) is 1. The van der Waals surface area contributed by atoms with Crippen molar-refractivity contribution in [2.45, 2.75) is 43.7 Å². The predicted molar refractivity (Wildman–Crippen MR) is 178 cm³/mol. The number of unbranched alkanes of at least 4 members (excludes halogenated alkanes) is 1. The van der Waals surface area contributed by atoms with Crippen molar-refractivity contribution in [2.24, 2.45) is 0 Å². The summed E-state index contributed by atoms with van der Waals surface area (Å²) in [6.07, 6.45) is 1.89. The van der Waals surface area contributed by atoms with E-state index in [1.807, 2.05) is 37.3 Å². The van der Waals surface area contributed by atoms with Crippen molar-refractivity contribution in [1.82, 2.24) is 10.2 Å². The number of hydrogen-bond acceptors (Lipinski definition) is 5. The summed E-state index contributed by atoms with van der Waals surface area (Å²) in [6, 6.07) is 30.0. The van der Waals surface area contributed by atoms with E-state index in [9.17, 15) is 18.0 Å². The summed E-state index contributed by atoms with van der Waals surface area (Å²) in [5.74, 6) is -0.464. The second-order valence-corrected chi connectivity index (χ2v) is 12.8. The van der Waals surface area contributed by atoms with Crippen LogP contribution in [0.3, 0.4) is 0 Å². The van der Waals surface area contributed by atoms with Crippen LogP contribution in [0.1, 0.15) is 30.9 Å². The maximum atomic E-state index is 14.5. The molecule has 2 amide bonds. The van der Waals surface area contributed by atoms with Crippen LogP contribution in [-0.2, 0) is 32.6 Å². The summed E-state index contributed by atoms with van der Waals surface area (Å²) in [4.78, 5) is 29.8. The molecule has 4 rings (SSSR count). The Hall–Kier alpha value is -4.34. The van der Waals surface area contributed by atoms with Gasteiger partial charge < -0.3 is 15.0 Å². The van der Waals surface area contributed by atoms with Crippen LogP contribution in [0.5, 0.6) is 5.75 Å². The fourth-order valence-corrected chi connectivity index (χ4v) is 6.51. The van der Waals surface area contributed by atoms with Gasteiger partial charge in [0.15, 0.2) is 0 Å². The number of carbonyl (C=O) groups excluding carboxylic acids is 2. The Morgan fingerprint density at radius 1 is 0.889 bits per heavy atom. The van der Waals surface area contributed by atoms with Crippen LogP contribution in [0.2, 0.25) is 5.02 Å². The number of anilines is 1. The summed E-state index contributed by atoms with van der Waals surface area (Å²) in [6.45, 7) is 1.91. The van der Waals surface area contributed by atoms with Crippen molar-refractivity contribution in [1.29, 1.82) is 0 Å². The molecule has 0 spiro atoms. The van der Waals surface area contributed by atoms with Gasteiger partial charge >= 0.3 is 0 Å². The third-order valence-corrected chi connectivity index (χ3v) is 9.51. The van der Waals surface area contributed by atoms with E-state index in [0.29, 0.717) is 22.9 Å². The highest BCUT2D eigenvalue weighted by Crippen LogP contribution is 2.28. The second kappa shape index (κ2) is 16.1. The quantitative estimate of drug-likeness (QED) is 0.157. The number of carbonyl (C=O) groups is 2. The number of sulfonamides is 1.